The Labute approximate surface area is 222 Å². The molecule has 9 nitrogen and oxygen atoms in total. The van der Waals surface area contributed by atoms with Gasteiger partial charge >= 0.3 is 0 Å². The van der Waals surface area contributed by atoms with Crippen LogP contribution in [0.15, 0.2) is 18.2 Å². The van der Waals surface area contributed by atoms with Crippen LogP contribution < -0.4 is 22.1 Å². The topological polar surface area (TPSA) is 131 Å². The largest absolute Gasteiger partial charge is 0.382 e. The highest BCUT2D eigenvalue weighted by atomic mass is 35.5. The zero-order valence-electron chi connectivity index (χ0n) is 20.8. The number of carbonyl (C=O) groups is 1. The molecule has 11 heteroatoms. The van der Waals surface area contributed by atoms with Gasteiger partial charge in [-0.15, -0.1) is 0 Å². The van der Waals surface area contributed by atoms with E-state index in [0.29, 0.717) is 24.4 Å². The lowest BCUT2D eigenvalue weighted by Gasteiger charge is -2.47. The van der Waals surface area contributed by atoms with Crippen molar-refractivity contribution < 1.29 is 4.79 Å². The molecule has 0 aliphatic carbocycles. The average Bonchev–Trinajstić information content (AvgIpc) is 2.87. The minimum Gasteiger partial charge on any atom is -0.382 e. The first kappa shape index (κ1) is 26.9. The van der Waals surface area contributed by atoms with Crippen LogP contribution >= 0.6 is 23.2 Å². The van der Waals surface area contributed by atoms with Gasteiger partial charge in [0.25, 0.3) is 5.91 Å². The fraction of sp³-hybridized carbons (Fsp3) is 0.560. The summed E-state index contributed by atoms with van der Waals surface area (Å²) < 4.78 is 0. The maximum absolute atomic E-state index is 11.5. The molecule has 0 spiro atoms. The van der Waals surface area contributed by atoms with Crippen molar-refractivity contribution in [3.8, 4) is 0 Å². The van der Waals surface area contributed by atoms with Gasteiger partial charge < -0.3 is 22.1 Å². The molecule has 2 fully saturated rings. The van der Waals surface area contributed by atoms with Crippen molar-refractivity contribution >= 4 is 40.7 Å². The molecule has 2 saturated heterocycles. The van der Waals surface area contributed by atoms with Crippen LogP contribution in [0.3, 0.4) is 0 Å². The van der Waals surface area contributed by atoms with Crippen molar-refractivity contribution in [2.75, 3.05) is 49.9 Å². The number of hydrogen-bond acceptors (Lipinski definition) is 8. The van der Waals surface area contributed by atoms with E-state index in [2.05, 4.69) is 37.7 Å². The molecule has 0 radical (unpaired) electrons. The number of halogens is 2. The van der Waals surface area contributed by atoms with E-state index >= 15 is 0 Å². The van der Waals surface area contributed by atoms with Crippen LogP contribution in [-0.2, 0) is 13.0 Å². The molecule has 2 aliphatic heterocycles. The van der Waals surface area contributed by atoms with Gasteiger partial charge in [-0.3, -0.25) is 14.6 Å². The third-order valence-corrected chi connectivity index (χ3v) is 7.89. The van der Waals surface area contributed by atoms with E-state index < -0.39 is 5.91 Å². The van der Waals surface area contributed by atoms with Gasteiger partial charge in [0.05, 0.1) is 0 Å². The van der Waals surface area contributed by atoms with Gasteiger partial charge in [0.15, 0.2) is 22.5 Å². The second-order valence-corrected chi connectivity index (χ2v) is 10.4. The first-order valence-electron chi connectivity index (χ1n) is 12.6. The summed E-state index contributed by atoms with van der Waals surface area (Å²) in [5, 5.41) is 0.926. The number of benzene rings is 1. The van der Waals surface area contributed by atoms with Crippen LogP contribution in [0, 0.1) is 0 Å². The van der Waals surface area contributed by atoms with Crippen LogP contribution in [0.25, 0.3) is 0 Å². The average molecular weight is 536 g/mol. The summed E-state index contributed by atoms with van der Waals surface area (Å²) in [7, 11) is 0. The molecule has 36 heavy (non-hydrogen) atoms. The second kappa shape index (κ2) is 11.9. The van der Waals surface area contributed by atoms with E-state index in [0.717, 1.165) is 70.0 Å². The second-order valence-electron chi connectivity index (χ2n) is 9.64. The Balaban J connectivity index is 1.37. The van der Waals surface area contributed by atoms with E-state index in [9.17, 15) is 4.79 Å². The number of nitrogen functional groups attached to an aromatic ring is 1. The highest BCUT2D eigenvalue weighted by molar-refractivity contribution is 6.32. The van der Waals surface area contributed by atoms with Gasteiger partial charge in [0.1, 0.15) is 0 Å². The molecule has 2 aliphatic rings. The minimum atomic E-state index is -0.734. The Hall–Kier alpha value is -2.17. The number of anilines is 2. The minimum absolute atomic E-state index is 0.0139. The Morgan fingerprint density at radius 3 is 2.53 bits per heavy atom. The fourth-order valence-electron chi connectivity index (χ4n) is 5.49. The quantitative estimate of drug-likeness (QED) is 0.470. The first-order chi connectivity index (χ1) is 17.3. The Morgan fingerprint density at radius 1 is 1.11 bits per heavy atom. The summed E-state index contributed by atoms with van der Waals surface area (Å²) in [5.74, 6) is -0.203. The number of carbonyl (C=O) groups excluding carboxylic acids is 1. The lowest BCUT2D eigenvalue weighted by Crippen LogP contribution is -2.58. The predicted octanol–water partition coefficient (Wildman–Crippen LogP) is 2.53. The molecule has 0 saturated carbocycles. The summed E-state index contributed by atoms with van der Waals surface area (Å²) in [6.07, 6.45) is 4.14. The van der Waals surface area contributed by atoms with Crippen molar-refractivity contribution in [2.24, 2.45) is 11.5 Å². The number of likely N-dealkylation sites (tertiary alicyclic amines) is 1. The zero-order valence-corrected chi connectivity index (χ0v) is 22.3. The molecule has 0 bridgehead atoms. The molecule has 1 aromatic heterocycles. The van der Waals surface area contributed by atoms with Crippen molar-refractivity contribution in [1.29, 1.82) is 0 Å². The van der Waals surface area contributed by atoms with Crippen molar-refractivity contribution in [3.05, 3.63) is 45.2 Å². The van der Waals surface area contributed by atoms with E-state index in [1.807, 2.05) is 12.1 Å². The molecule has 4 rings (SSSR count). The van der Waals surface area contributed by atoms with E-state index in [1.54, 1.807) is 0 Å². The number of nitrogens with zero attached hydrogens (tertiary/aromatic N) is 5. The molecule has 6 N–H and O–H groups in total. The van der Waals surface area contributed by atoms with E-state index in [4.69, 9.17) is 40.4 Å². The molecule has 0 unspecified atom stereocenters. The lowest BCUT2D eigenvalue weighted by molar-refractivity contribution is 0.0610. The van der Waals surface area contributed by atoms with Gasteiger partial charge in [-0.25, -0.2) is 9.97 Å². The van der Waals surface area contributed by atoms with E-state index in [-0.39, 0.29) is 16.7 Å². The summed E-state index contributed by atoms with van der Waals surface area (Å²) >= 11 is 12.6. The molecule has 1 atom stereocenters. The summed E-state index contributed by atoms with van der Waals surface area (Å²) in [4.78, 5) is 27.3. The maximum atomic E-state index is 11.5. The Morgan fingerprint density at radius 2 is 1.86 bits per heavy atom. The smallest absolute Gasteiger partial charge is 0.271 e. The monoisotopic (exact) mass is 534 g/mol. The first-order valence-corrected chi connectivity index (χ1v) is 13.4. The number of piperidine rings is 1. The lowest BCUT2D eigenvalue weighted by atomic mass is 9.97. The maximum Gasteiger partial charge on any atom is 0.271 e. The van der Waals surface area contributed by atoms with Gasteiger partial charge in [-0.1, -0.05) is 36.2 Å². The highest BCUT2D eigenvalue weighted by Crippen LogP contribution is 2.30. The number of rotatable bonds is 8. The summed E-state index contributed by atoms with van der Waals surface area (Å²) in [5.41, 5.74) is 19.5. The predicted molar refractivity (Wildman–Crippen MR) is 145 cm³/mol. The van der Waals surface area contributed by atoms with Crippen LogP contribution in [0.2, 0.25) is 10.2 Å². The van der Waals surface area contributed by atoms with Crippen molar-refractivity contribution in [2.45, 2.75) is 51.2 Å². The van der Waals surface area contributed by atoms with Crippen LogP contribution in [0.4, 0.5) is 11.6 Å². The molecular weight excluding hydrogens is 499 g/mol. The van der Waals surface area contributed by atoms with Gasteiger partial charge in [0.2, 0.25) is 0 Å². The fourth-order valence-corrected chi connectivity index (χ4v) is 5.94. The zero-order chi connectivity index (χ0) is 25.8. The molecule has 1 amide bonds. The number of aromatic nitrogens is 2. The summed E-state index contributed by atoms with van der Waals surface area (Å²) in [6, 6.07) is 7.08. The molecular formula is C25H36Cl2N8O. The highest BCUT2D eigenvalue weighted by Gasteiger charge is 2.34. The standard InChI is InChI=1S/C25H36Cl2N8O/c1-2-19-15-34(25-22(27)31-21(24(30)36)23(29)32-25)11-12-35(19)20-6-9-33(10-7-20)14-17-3-4-18(26)13-16(17)5-8-28/h3-4,13,19-20H,2,5-12,14-15,28H2,1H3,(H2,29,32)(H2,30,36)/t19-/m0/s1. The van der Waals surface area contributed by atoms with Crippen LogP contribution in [0.1, 0.15) is 47.8 Å². The molecule has 3 heterocycles. The Kier molecular flexibility index (Phi) is 8.90. The number of amides is 1. The third-order valence-electron chi connectivity index (χ3n) is 7.40. The third kappa shape index (κ3) is 6.03. The van der Waals surface area contributed by atoms with Gasteiger partial charge in [-0.05, 0) is 68.6 Å². The number of piperazine rings is 1. The molecule has 1 aromatic carbocycles. The van der Waals surface area contributed by atoms with Gasteiger partial charge in [-0.2, -0.15) is 0 Å². The summed E-state index contributed by atoms with van der Waals surface area (Å²) in [6.45, 7) is 8.37. The molecule has 196 valence electrons. The number of nitrogens with two attached hydrogens (primary N) is 3. The number of primary amides is 1. The van der Waals surface area contributed by atoms with Crippen molar-refractivity contribution in [3.63, 3.8) is 0 Å². The Bertz CT molecular complexity index is 1080. The number of hydrogen-bond donors (Lipinski definition) is 3. The molecule has 2 aromatic rings. The van der Waals surface area contributed by atoms with Gasteiger partial charge in [0, 0.05) is 43.3 Å². The van der Waals surface area contributed by atoms with Crippen LogP contribution in [-0.4, -0.2) is 77.0 Å². The SMILES string of the molecule is CC[C@H]1CN(c2nc(N)c(C(N)=O)nc2Cl)CCN1C1CCN(Cc2ccc(Cl)cc2CCN)CC1. The van der Waals surface area contributed by atoms with Crippen molar-refractivity contribution in [1.82, 2.24) is 19.8 Å². The van der Waals surface area contributed by atoms with E-state index in [1.165, 1.54) is 11.1 Å². The normalized spacial score (nSPS) is 20.1. The van der Waals surface area contributed by atoms with Crippen LogP contribution in [0.5, 0.6) is 0 Å².